The molecule has 1 atom stereocenters. The van der Waals surface area contributed by atoms with Gasteiger partial charge in [-0.05, 0) is 109 Å². The highest BCUT2D eigenvalue weighted by molar-refractivity contribution is 5.71. The first-order valence-corrected chi connectivity index (χ1v) is 30.1. The summed E-state index contributed by atoms with van der Waals surface area (Å²) < 4.78 is 16.8. The number of carbonyl (C=O) groups is 3. The second kappa shape index (κ2) is 59.2. The van der Waals surface area contributed by atoms with Gasteiger partial charge >= 0.3 is 17.9 Å². The van der Waals surface area contributed by atoms with Crippen LogP contribution in [0.5, 0.6) is 0 Å². The number of rotatable bonds is 54. The quantitative estimate of drug-likeness (QED) is 0.0261. The van der Waals surface area contributed by atoms with Crippen molar-refractivity contribution in [2.75, 3.05) is 13.2 Å². The molecule has 0 spiro atoms. The molecule has 0 bridgehead atoms. The van der Waals surface area contributed by atoms with Crippen LogP contribution in [0.2, 0.25) is 0 Å². The Morgan fingerprint density at radius 2 is 0.535 bits per heavy atom. The number of ether oxygens (including phenoxy) is 3. The van der Waals surface area contributed by atoms with Gasteiger partial charge in [-0.25, -0.2) is 0 Å². The maximum Gasteiger partial charge on any atom is 0.306 e. The van der Waals surface area contributed by atoms with Crippen LogP contribution in [0.4, 0.5) is 0 Å². The zero-order valence-corrected chi connectivity index (χ0v) is 46.7. The number of hydrogen-bond acceptors (Lipinski definition) is 6. The van der Waals surface area contributed by atoms with Crippen molar-refractivity contribution in [3.8, 4) is 0 Å². The molecule has 0 heterocycles. The van der Waals surface area contributed by atoms with Gasteiger partial charge in [-0.3, -0.25) is 14.4 Å². The summed E-state index contributed by atoms with van der Waals surface area (Å²) in [5, 5.41) is 0. The highest BCUT2D eigenvalue weighted by Gasteiger charge is 2.19. The van der Waals surface area contributed by atoms with E-state index in [1.54, 1.807) is 0 Å². The molecule has 0 aromatic rings. The fourth-order valence-corrected chi connectivity index (χ4v) is 8.30. The lowest BCUT2D eigenvalue weighted by molar-refractivity contribution is -0.166. The van der Waals surface area contributed by atoms with E-state index in [1.165, 1.54) is 167 Å². The van der Waals surface area contributed by atoms with Crippen molar-refractivity contribution >= 4 is 17.9 Å². The lowest BCUT2D eigenvalue weighted by Gasteiger charge is -2.18. The molecule has 0 aliphatic rings. The molecule has 71 heavy (non-hydrogen) atoms. The van der Waals surface area contributed by atoms with Gasteiger partial charge in [0.2, 0.25) is 0 Å². The molecule has 6 heteroatoms. The third-order valence-electron chi connectivity index (χ3n) is 12.9. The number of esters is 3. The largest absolute Gasteiger partial charge is 0.462 e. The van der Waals surface area contributed by atoms with Crippen molar-refractivity contribution in [1.82, 2.24) is 0 Å². The zero-order valence-electron chi connectivity index (χ0n) is 46.7. The molecule has 0 fully saturated rings. The van der Waals surface area contributed by atoms with Crippen LogP contribution in [0.15, 0.2) is 85.1 Å². The minimum Gasteiger partial charge on any atom is -0.462 e. The molecule has 0 aromatic heterocycles. The lowest BCUT2D eigenvalue weighted by atomic mass is 10.1. The normalized spacial score (nSPS) is 12.7. The molecule has 408 valence electrons. The van der Waals surface area contributed by atoms with Crippen LogP contribution in [0, 0.1) is 0 Å². The van der Waals surface area contributed by atoms with Gasteiger partial charge in [0.05, 0.1) is 0 Å². The summed E-state index contributed by atoms with van der Waals surface area (Å²) in [5.74, 6) is -0.996. The summed E-state index contributed by atoms with van der Waals surface area (Å²) in [7, 11) is 0. The van der Waals surface area contributed by atoms with E-state index in [0.29, 0.717) is 19.3 Å². The van der Waals surface area contributed by atoms with E-state index in [1.807, 2.05) is 6.08 Å². The van der Waals surface area contributed by atoms with Gasteiger partial charge in [-0.15, -0.1) is 0 Å². The molecule has 0 aliphatic heterocycles. The van der Waals surface area contributed by atoms with Gasteiger partial charge < -0.3 is 14.2 Å². The Morgan fingerprint density at radius 3 is 0.887 bits per heavy atom. The molecule has 0 amide bonds. The van der Waals surface area contributed by atoms with Crippen LogP contribution in [0.25, 0.3) is 0 Å². The van der Waals surface area contributed by atoms with Crippen molar-refractivity contribution in [3.05, 3.63) is 85.1 Å². The molecule has 0 saturated heterocycles. The molecule has 0 N–H and O–H groups in total. The van der Waals surface area contributed by atoms with Crippen LogP contribution < -0.4 is 0 Å². The summed E-state index contributed by atoms with van der Waals surface area (Å²) in [6.07, 6.45) is 77.3. The number of carbonyl (C=O) groups excluding carboxylic acids is 3. The third-order valence-corrected chi connectivity index (χ3v) is 12.9. The first-order chi connectivity index (χ1) is 35.0. The molecular formula is C65H112O6. The molecule has 0 unspecified atom stereocenters. The van der Waals surface area contributed by atoms with Crippen LogP contribution in [-0.2, 0) is 28.6 Å². The van der Waals surface area contributed by atoms with Gasteiger partial charge in [0, 0.05) is 19.3 Å². The Bertz CT molecular complexity index is 1370. The first kappa shape index (κ1) is 67.6. The van der Waals surface area contributed by atoms with Crippen molar-refractivity contribution in [1.29, 1.82) is 0 Å². The monoisotopic (exact) mass is 989 g/mol. The van der Waals surface area contributed by atoms with Gasteiger partial charge in [-0.1, -0.05) is 247 Å². The van der Waals surface area contributed by atoms with E-state index in [9.17, 15) is 14.4 Å². The van der Waals surface area contributed by atoms with Crippen molar-refractivity contribution in [2.45, 2.75) is 297 Å². The predicted molar refractivity (Wildman–Crippen MR) is 307 cm³/mol. The summed E-state index contributed by atoms with van der Waals surface area (Å²) >= 11 is 0. The summed E-state index contributed by atoms with van der Waals surface area (Å²) in [6.45, 7) is 6.55. The van der Waals surface area contributed by atoms with Crippen LogP contribution in [0.1, 0.15) is 290 Å². The maximum atomic E-state index is 12.8. The minimum absolute atomic E-state index is 0.109. The highest BCUT2D eigenvalue weighted by Crippen LogP contribution is 2.15. The fraction of sp³-hybridized carbons (Fsp3) is 0.738. The van der Waals surface area contributed by atoms with E-state index in [4.69, 9.17) is 14.2 Å². The van der Waals surface area contributed by atoms with Gasteiger partial charge in [0.25, 0.3) is 0 Å². The van der Waals surface area contributed by atoms with Crippen LogP contribution in [0.3, 0.4) is 0 Å². The number of unbranched alkanes of at least 4 members (excludes halogenated alkanes) is 29. The summed E-state index contributed by atoms with van der Waals surface area (Å²) in [4.78, 5) is 38.2. The Labute approximate surface area is 439 Å². The third kappa shape index (κ3) is 57.4. The van der Waals surface area contributed by atoms with E-state index in [2.05, 4.69) is 99.8 Å². The van der Waals surface area contributed by atoms with Crippen molar-refractivity contribution in [2.24, 2.45) is 0 Å². The van der Waals surface area contributed by atoms with Crippen LogP contribution in [-0.4, -0.2) is 37.2 Å². The Kier molecular flexibility index (Phi) is 56.3. The standard InChI is InChI=1S/C65H112O6/c1-4-7-10-13-16-19-22-25-28-30-32-34-37-40-43-46-49-52-55-58-64(67)70-61-62(60-69-63(66)57-54-51-48-45-42-39-36-27-24-21-18-15-12-9-6-3)71-65(68)59-56-53-50-47-44-41-38-35-33-31-29-26-23-20-17-14-11-8-5-2/h17,20,25-29,33,35-36,41,44,50,53,62H,4-16,18-19,21-24,30-32,34,37-40,42-43,45-49,51-52,54-61H2,1-3H3/b20-17-,28-25-,29-26-,35-33-,36-27-,44-41-,53-50-/t62-/m0/s1. The van der Waals surface area contributed by atoms with Crippen molar-refractivity contribution < 1.29 is 28.6 Å². The second-order valence-corrected chi connectivity index (χ2v) is 19.9. The average molecular weight is 990 g/mol. The smallest absolute Gasteiger partial charge is 0.306 e. The second-order valence-electron chi connectivity index (χ2n) is 19.9. The molecule has 0 aliphatic carbocycles. The van der Waals surface area contributed by atoms with Gasteiger partial charge in [0.1, 0.15) is 13.2 Å². The van der Waals surface area contributed by atoms with Crippen molar-refractivity contribution in [3.63, 3.8) is 0 Å². The Hall–Kier alpha value is -3.41. The summed E-state index contributed by atoms with van der Waals surface area (Å²) in [6, 6.07) is 0. The Morgan fingerprint density at radius 1 is 0.282 bits per heavy atom. The average Bonchev–Trinajstić information content (AvgIpc) is 3.37. The SMILES string of the molecule is CCCCC/C=C\C/C=C\C/C=C\C/C=C\C/C=C\CCC(=O)O[C@@H](COC(=O)CCCCCCC/C=C\CCCCCCCC)COC(=O)CCCCCCCCCCC/C=C\CCCCCCCC. The number of hydrogen-bond donors (Lipinski definition) is 0. The molecule has 0 radical (unpaired) electrons. The van der Waals surface area contributed by atoms with E-state index in [0.717, 1.165) is 77.0 Å². The zero-order chi connectivity index (χ0) is 51.4. The predicted octanol–water partition coefficient (Wildman–Crippen LogP) is 20.3. The first-order valence-electron chi connectivity index (χ1n) is 30.1. The molecule has 0 rings (SSSR count). The number of allylic oxidation sites excluding steroid dienone is 14. The fourth-order valence-electron chi connectivity index (χ4n) is 8.30. The topological polar surface area (TPSA) is 78.9 Å². The van der Waals surface area contributed by atoms with Gasteiger partial charge in [0.15, 0.2) is 6.10 Å². The van der Waals surface area contributed by atoms with E-state index in [-0.39, 0.29) is 31.6 Å². The molecule has 0 aromatic carbocycles. The van der Waals surface area contributed by atoms with E-state index < -0.39 is 12.1 Å². The Balaban J connectivity index is 4.49. The molecule has 6 nitrogen and oxygen atoms in total. The van der Waals surface area contributed by atoms with Crippen LogP contribution >= 0.6 is 0 Å². The molecular weight excluding hydrogens is 877 g/mol. The maximum absolute atomic E-state index is 12.8. The molecule has 0 saturated carbocycles. The minimum atomic E-state index is -0.821. The lowest BCUT2D eigenvalue weighted by Crippen LogP contribution is -2.30. The summed E-state index contributed by atoms with van der Waals surface area (Å²) in [5.41, 5.74) is 0. The van der Waals surface area contributed by atoms with Gasteiger partial charge in [-0.2, -0.15) is 0 Å². The van der Waals surface area contributed by atoms with E-state index >= 15 is 0 Å². The highest BCUT2D eigenvalue weighted by atomic mass is 16.6.